The first-order valence-electron chi connectivity index (χ1n) is 7.94. The zero-order chi connectivity index (χ0) is 17.5. The first kappa shape index (κ1) is 17.7. The Morgan fingerprint density at radius 2 is 1.75 bits per heavy atom. The van der Waals surface area contributed by atoms with Crippen molar-refractivity contribution in [3.8, 4) is 0 Å². The Balaban J connectivity index is 1.84. The fourth-order valence-corrected chi connectivity index (χ4v) is 2.44. The van der Waals surface area contributed by atoms with E-state index in [0.717, 1.165) is 0 Å². The molecule has 8 nitrogen and oxygen atoms in total. The topological polar surface area (TPSA) is 91.8 Å². The van der Waals surface area contributed by atoms with Crippen LogP contribution in [0.2, 0.25) is 0 Å². The molecule has 1 aromatic heterocycles. The third kappa shape index (κ3) is 4.43. The van der Waals surface area contributed by atoms with E-state index in [4.69, 9.17) is 4.74 Å². The van der Waals surface area contributed by atoms with Gasteiger partial charge in [-0.2, -0.15) is 0 Å². The molecule has 0 spiro atoms. The number of rotatable bonds is 4. The smallest absolute Gasteiger partial charge is 0.409 e. The van der Waals surface area contributed by atoms with Gasteiger partial charge in [0, 0.05) is 44.1 Å². The summed E-state index contributed by atoms with van der Waals surface area (Å²) < 4.78 is 4.95. The van der Waals surface area contributed by atoms with E-state index in [1.165, 1.54) is 12.4 Å². The van der Waals surface area contributed by atoms with E-state index in [0.29, 0.717) is 38.3 Å². The lowest BCUT2D eigenvalue weighted by Gasteiger charge is -2.35. The minimum absolute atomic E-state index is 0.166. The molecule has 2 heterocycles. The van der Waals surface area contributed by atoms with Crippen LogP contribution in [0.15, 0.2) is 24.5 Å². The number of piperazine rings is 1. The van der Waals surface area contributed by atoms with E-state index in [9.17, 15) is 14.4 Å². The lowest BCUT2D eigenvalue weighted by molar-refractivity contribution is -0.134. The maximum atomic E-state index is 12.4. The third-order valence-corrected chi connectivity index (χ3v) is 3.78. The highest BCUT2D eigenvalue weighted by atomic mass is 16.6. The van der Waals surface area contributed by atoms with Crippen LogP contribution in [-0.2, 0) is 9.53 Å². The van der Waals surface area contributed by atoms with Crippen molar-refractivity contribution in [3.05, 3.63) is 30.1 Å². The highest BCUT2D eigenvalue weighted by molar-refractivity contribution is 5.97. The van der Waals surface area contributed by atoms with Gasteiger partial charge in [0.25, 0.3) is 5.91 Å². The number of hydrogen-bond acceptors (Lipinski definition) is 5. The second-order valence-corrected chi connectivity index (χ2v) is 5.44. The van der Waals surface area contributed by atoms with E-state index < -0.39 is 6.04 Å². The molecule has 2 rings (SSSR count). The van der Waals surface area contributed by atoms with Crippen molar-refractivity contribution in [1.82, 2.24) is 20.1 Å². The van der Waals surface area contributed by atoms with Crippen LogP contribution >= 0.6 is 0 Å². The van der Waals surface area contributed by atoms with Crippen molar-refractivity contribution >= 4 is 17.9 Å². The van der Waals surface area contributed by atoms with Gasteiger partial charge in [-0.15, -0.1) is 0 Å². The van der Waals surface area contributed by atoms with Gasteiger partial charge in [-0.3, -0.25) is 14.6 Å². The van der Waals surface area contributed by atoms with Crippen LogP contribution in [-0.4, -0.2) is 71.5 Å². The van der Waals surface area contributed by atoms with Gasteiger partial charge in [-0.25, -0.2) is 4.79 Å². The molecule has 1 aliphatic heterocycles. The number of pyridine rings is 1. The molecule has 1 N–H and O–H groups in total. The monoisotopic (exact) mass is 334 g/mol. The molecular weight excluding hydrogens is 312 g/mol. The van der Waals surface area contributed by atoms with Crippen LogP contribution in [0, 0.1) is 0 Å². The first-order valence-corrected chi connectivity index (χ1v) is 7.94. The molecule has 1 aromatic rings. The van der Waals surface area contributed by atoms with Gasteiger partial charge in [0.05, 0.1) is 6.61 Å². The Morgan fingerprint density at radius 1 is 1.17 bits per heavy atom. The normalized spacial score (nSPS) is 15.6. The van der Waals surface area contributed by atoms with Crippen LogP contribution in [0.25, 0.3) is 0 Å². The summed E-state index contributed by atoms with van der Waals surface area (Å²) in [6.45, 7) is 5.44. The molecule has 0 aromatic carbocycles. The van der Waals surface area contributed by atoms with Crippen molar-refractivity contribution in [2.24, 2.45) is 0 Å². The molecule has 3 amide bonds. The number of nitrogens with one attached hydrogen (secondary N) is 1. The van der Waals surface area contributed by atoms with Crippen LogP contribution in [0.1, 0.15) is 24.2 Å². The summed E-state index contributed by atoms with van der Waals surface area (Å²) in [6.07, 6.45) is 2.69. The fourth-order valence-electron chi connectivity index (χ4n) is 2.44. The summed E-state index contributed by atoms with van der Waals surface area (Å²) in [5.41, 5.74) is 0.455. The van der Waals surface area contributed by atoms with Crippen molar-refractivity contribution in [2.45, 2.75) is 19.9 Å². The predicted molar refractivity (Wildman–Crippen MR) is 86.3 cm³/mol. The molecule has 1 fully saturated rings. The Kier molecular flexibility index (Phi) is 6.11. The summed E-state index contributed by atoms with van der Waals surface area (Å²) in [5, 5.41) is 2.68. The van der Waals surface area contributed by atoms with Crippen molar-refractivity contribution in [2.75, 3.05) is 32.8 Å². The number of carbonyl (C=O) groups is 3. The standard InChI is InChI=1S/C16H22N4O4/c1-3-24-16(23)20-10-8-19(9-11-20)15(22)12(2)18-14(21)13-4-6-17-7-5-13/h4-7,12H,3,8-11H2,1-2H3,(H,18,21)/t12-/m1/s1. The molecule has 130 valence electrons. The van der Waals surface area contributed by atoms with Crippen LogP contribution in [0.4, 0.5) is 4.79 Å². The largest absolute Gasteiger partial charge is 0.450 e. The van der Waals surface area contributed by atoms with Gasteiger partial charge in [-0.1, -0.05) is 0 Å². The molecule has 8 heteroatoms. The first-order chi connectivity index (χ1) is 11.5. The SMILES string of the molecule is CCOC(=O)N1CCN(C(=O)[C@@H](C)NC(=O)c2ccncc2)CC1. The van der Waals surface area contributed by atoms with Crippen molar-refractivity contribution < 1.29 is 19.1 Å². The van der Waals surface area contributed by atoms with Gasteiger partial charge in [0.15, 0.2) is 0 Å². The summed E-state index contributed by atoms with van der Waals surface area (Å²) >= 11 is 0. The molecule has 1 saturated heterocycles. The number of nitrogens with zero attached hydrogens (tertiary/aromatic N) is 3. The van der Waals surface area contributed by atoms with Crippen LogP contribution < -0.4 is 5.32 Å². The summed E-state index contributed by atoms with van der Waals surface area (Å²) in [5.74, 6) is -0.482. The summed E-state index contributed by atoms with van der Waals surface area (Å²) in [4.78, 5) is 43.2. The van der Waals surface area contributed by atoms with E-state index in [1.807, 2.05) is 0 Å². The molecule has 0 saturated carbocycles. The minimum Gasteiger partial charge on any atom is -0.450 e. The zero-order valence-corrected chi connectivity index (χ0v) is 13.9. The molecule has 0 radical (unpaired) electrons. The van der Waals surface area contributed by atoms with Crippen molar-refractivity contribution in [3.63, 3.8) is 0 Å². The molecule has 0 unspecified atom stereocenters. The second kappa shape index (κ2) is 8.28. The molecule has 0 bridgehead atoms. The summed E-state index contributed by atoms with van der Waals surface area (Å²) in [6, 6.07) is 2.54. The zero-order valence-electron chi connectivity index (χ0n) is 13.9. The quantitative estimate of drug-likeness (QED) is 0.866. The molecule has 24 heavy (non-hydrogen) atoms. The Bertz CT molecular complexity index is 585. The number of hydrogen-bond donors (Lipinski definition) is 1. The minimum atomic E-state index is -0.639. The van der Waals surface area contributed by atoms with Gasteiger partial charge < -0.3 is 19.9 Å². The Morgan fingerprint density at radius 3 is 2.33 bits per heavy atom. The maximum Gasteiger partial charge on any atom is 0.409 e. The lowest BCUT2D eigenvalue weighted by Crippen LogP contribution is -2.55. The van der Waals surface area contributed by atoms with E-state index in [2.05, 4.69) is 10.3 Å². The van der Waals surface area contributed by atoms with E-state index >= 15 is 0 Å². The Labute approximate surface area is 140 Å². The number of amides is 3. The van der Waals surface area contributed by atoms with Gasteiger partial charge in [0.1, 0.15) is 6.04 Å². The molecular formula is C16H22N4O4. The molecule has 0 aliphatic carbocycles. The van der Waals surface area contributed by atoms with Crippen molar-refractivity contribution in [1.29, 1.82) is 0 Å². The predicted octanol–water partition coefficient (Wildman–Crippen LogP) is 0.501. The van der Waals surface area contributed by atoms with E-state index in [1.54, 1.807) is 35.8 Å². The Hall–Kier alpha value is -2.64. The number of carbonyl (C=O) groups excluding carboxylic acids is 3. The summed E-state index contributed by atoms with van der Waals surface area (Å²) in [7, 11) is 0. The van der Waals surface area contributed by atoms with Gasteiger partial charge in [0.2, 0.25) is 5.91 Å². The number of aromatic nitrogens is 1. The molecule has 1 aliphatic rings. The van der Waals surface area contributed by atoms with Crippen LogP contribution in [0.3, 0.4) is 0 Å². The fraction of sp³-hybridized carbons (Fsp3) is 0.500. The van der Waals surface area contributed by atoms with Crippen LogP contribution in [0.5, 0.6) is 0 Å². The average Bonchev–Trinajstić information content (AvgIpc) is 2.62. The lowest BCUT2D eigenvalue weighted by atomic mass is 10.2. The second-order valence-electron chi connectivity index (χ2n) is 5.44. The third-order valence-electron chi connectivity index (χ3n) is 3.78. The van der Waals surface area contributed by atoms with Gasteiger partial charge in [-0.05, 0) is 26.0 Å². The van der Waals surface area contributed by atoms with E-state index in [-0.39, 0.29) is 17.9 Å². The number of ether oxygens (including phenoxy) is 1. The average molecular weight is 334 g/mol. The molecule has 1 atom stereocenters. The highest BCUT2D eigenvalue weighted by Gasteiger charge is 2.28. The highest BCUT2D eigenvalue weighted by Crippen LogP contribution is 2.06. The van der Waals surface area contributed by atoms with Gasteiger partial charge >= 0.3 is 6.09 Å². The maximum absolute atomic E-state index is 12.4.